The normalized spacial score (nSPS) is 15.3. The molecule has 0 unspecified atom stereocenters. The quantitative estimate of drug-likeness (QED) is 0.541. The molecule has 1 saturated heterocycles. The molecule has 0 N–H and O–H groups in total. The van der Waals surface area contributed by atoms with Gasteiger partial charge in [0.25, 0.3) is 11.6 Å². The minimum atomic E-state index is -4.20. The second-order valence-electron chi connectivity index (χ2n) is 6.89. The maximum Gasteiger partial charge on any atom is 0.288 e. The Bertz CT molecular complexity index is 1050. The lowest BCUT2D eigenvalue weighted by Crippen LogP contribution is -2.47. The molecule has 0 bridgehead atoms. The number of amides is 1. The van der Waals surface area contributed by atoms with Gasteiger partial charge < -0.3 is 9.80 Å². The molecule has 2 aromatic rings. The Morgan fingerprint density at radius 2 is 1.79 bits per heavy atom. The molecule has 0 spiro atoms. The highest BCUT2D eigenvalue weighted by Gasteiger charge is 2.29. The number of hydrogen-bond donors (Lipinski definition) is 0. The van der Waals surface area contributed by atoms with Gasteiger partial charge in [-0.25, -0.2) is 12.8 Å². The summed E-state index contributed by atoms with van der Waals surface area (Å²) in [4.78, 5) is 26.4. The van der Waals surface area contributed by atoms with Gasteiger partial charge in [0.05, 0.1) is 10.7 Å². The monoisotopic (exact) mass is 421 g/mol. The predicted octanol–water partition coefficient (Wildman–Crippen LogP) is 2.10. The fourth-order valence-corrected chi connectivity index (χ4v) is 4.67. The standard InChI is InChI=1S/C19H20FN3O5S/c1-21-8-10-22(11-9-21)19(24)14-6-7-18(17(12-14)23(25)26)29(27,28)13-15-4-2-3-5-16(15)20/h2-7,12H,8-11,13H2,1H3. The Kier molecular flexibility index (Phi) is 5.94. The first-order valence-corrected chi connectivity index (χ1v) is 10.6. The zero-order chi connectivity index (χ0) is 21.2. The van der Waals surface area contributed by atoms with Crippen molar-refractivity contribution < 1.29 is 22.5 Å². The number of nitrogens with zero attached hydrogens (tertiary/aromatic N) is 3. The first-order chi connectivity index (χ1) is 13.7. The summed E-state index contributed by atoms with van der Waals surface area (Å²) in [6.45, 7) is 2.33. The van der Waals surface area contributed by atoms with Crippen LogP contribution in [0.5, 0.6) is 0 Å². The van der Waals surface area contributed by atoms with Crippen LogP contribution in [0.3, 0.4) is 0 Å². The molecule has 29 heavy (non-hydrogen) atoms. The number of nitro benzene ring substituents is 1. The molecule has 154 valence electrons. The molecule has 1 fully saturated rings. The van der Waals surface area contributed by atoms with Gasteiger partial charge in [-0.2, -0.15) is 0 Å². The number of sulfone groups is 1. The fraction of sp³-hybridized carbons (Fsp3) is 0.316. The van der Waals surface area contributed by atoms with Gasteiger partial charge in [0.1, 0.15) is 10.7 Å². The minimum Gasteiger partial charge on any atom is -0.336 e. The summed E-state index contributed by atoms with van der Waals surface area (Å²) in [7, 11) is -2.27. The Hall–Kier alpha value is -2.85. The molecule has 1 amide bonds. The van der Waals surface area contributed by atoms with Gasteiger partial charge in [-0.3, -0.25) is 14.9 Å². The van der Waals surface area contributed by atoms with E-state index in [1.807, 2.05) is 7.05 Å². The molecule has 3 rings (SSSR count). The highest BCUT2D eigenvalue weighted by Crippen LogP contribution is 2.29. The number of halogens is 1. The zero-order valence-corrected chi connectivity index (χ0v) is 16.6. The molecule has 1 aliphatic heterocycles. The van der Waals surface area contributed by atoms with Crippen molar-refractivity contribution in [3.05, 3.63) is 69.5 Å². The smallest absolute Gasteiger partial charge is 0.288 e. The van der Waals surface area contributed by atoms with E-state index in [4.69, 9.17) is 0 Å². The van der Waals surface area contributed by atoms with Crippen molar-refractivity contribution in [1.82, 2.24) is 9.80 Å². The maximum atomic E-state index is 13.8. The number of piperazine rings is 1. The minimum absolute atomic E-state index is 0.0473. The summed E-state index contributed by atoms with van der Waals surface area (Å²) in [6.07, 6.45) is 0. The van der Waals surface area contributed by atoms with E-state index in [9.17, 15) is 27.7 Å². The average Bonchev–Trinajstić information content (AvgIpc) is 2.69. The summed E-state index contributed by atoms with van der Waals surface area (Å²) in [6, 6.07) is 8.64. The van der Waals surface area contributed by atoms with E-state index in [1.54, 1.807) is 4.90 Å². The van der Waals surface area contributed by atoms with E-state index >= 15 is 0 Å². The maximum absolute atomic E-state index is 13.8. The van der Waals surface area contributed by atoms with E-state index in [2.05, 4.69) is 4.90 Å². The number of carbonyl (C=O) groups is 1. The summed E-state index contributed by atoms with van der Waals surface area (Å²) >= 11 is 0. The SMILES string of the molecule is CN1CCN(C(=O)c2ccc(S(=O)(=O)Cc3ccccc3F)c([N+](=O)[O-])c2)CC1. The fourth-order valence-electron chi connectivity index (χ4n) is 3.15. The molecule has 0 aromatic heterocycles. The highest BCUT2D eigenvalue weighted by atomic mass is 32.2. The van der Waals surface area contributed by atoms with Gasteiger partial charge in [0, 0.05) is 43.4 Å². The van der Waals surface area contributed by atoms with Crippen LogP contribution in [0.25, 0.3) is 0 Å². The molecule has 0 atom stereocenters. The number of likely N-dealkylation sites (N-methyl/N-ethyl adjacent to an activating group) is 1. The van der Waals surface area contributed by atoms with Gasteiger partial charge in [0.2, 0.25) is 0 Å². The van der Waals surface area contributed by atoms with Gasteiger partial charge in [-0.15, -0.1) is 0 Å². The molecule has 8 nitrogen and oxygen atoms in total. The van der Waals surface area contributed by atoms with Crippen molar-refractivity contribution >= 4 is 21.4 Å². The lowest BCUT2D eigenvalue weighted by molar-refractivity contribution is -0.387. The molecule has 0 aliphatic carbocycles. The Morgan fingerprint density at radius 1 is 1.14 bits per heavy atom. The van der Waals surface area contributed by atoms with Crippen molar-refractivity contribution in [2.75, 3.05) is 33.2 Å². The van der Waals surface area contributed by atoms with Crippen LogP contribution in [0.1, 0.15) is 15.9 Å². The van der Waals surface area contributed by atoms with Gasteiger partial charge in [0.15, 0.2) is 9.84 Å². The second kappa shape index (κ2) is 8.26. The van der Waals surface area contributed by atoms with Crippen molar-refractivity contribution in [2.45, 2.75) is 10.6 Å². The molecule has 1 heterocycles. The van der Waals surface area contributed by atoms with E-state index in [-0.39, 0.29) is 17.0 Å². The van der Waals surface area contributed by atoms with Crippen molar-refractivity contribution in [2.24, 2.45) is 0 Å². The third-order valence-corrected chi connectivity index (χ3v) is 6.54. The van der Waals surface area contributed by atoms with Crippen LogP contribution in [-0.4, -0.2) is 62.3 Å². The van der Waals surface area contributed by atoms with Crippen LogP contribution in [0.15, 0.2) is 47.4 Å². The van der Waals surface area contributed by atoms with E-state index in [1.165, 1.54) is 24.3 Å². The van der Waals surface area contributed by atoms with Crippen LogP contribution in [0.2, 0.25) is 0 Å². The third kappa shape index (κ3) is 4.60. The first-order valence-electron chi connectivity index (χ1n) is 8.91. The van der Waals surface area contributed by atoms with E-state index < -0.39 is 36.9 Å². The molecule has 2 aromatic carbocycles. The molecule has 1 aliphatic rings. The molecule has 0 radical (unpaired) electrons. The number of hydrogen-bond acceptors (Lipinski definition) is 6. The summed E-state index contributed by atoms with van der Waals surface area (Å²) in [5, 5.41) is 11.5. The lowest BCUT2D eigenvalue weighted by Gasteiger charge is -2.32. The largest absolute Gasteiger partial charge is 0.336 e. The molecular formula is C19H20FN3O5S. The third-order valence-electron chi connectivity index (χ3n) is 4.83. The van der Waals surface area contributed by atoms with Gasteiger partial charge in [-0.05, 0) is 25.2 Å². The number of nitro groups is 1. The second-order valence-corrected chi connectivity index (χ2v) is 8.84. The van der Waals surface area contributed by atoms with Crippen LogP contribution in [0, 0.1) is 15.9 Å². The van der Waals surface area contributed by atoms with Crippen molar-refractivity contribution in [3.63, 3.8) is 0 Å². The Balaban J connectivity index is 1.93. The lowest BCUT2D eigenvalue weighted by atomic mass is 10.1. The number of rotatable bonds is 5. The first kappa shape index (κ1) is 20.9. The summed E-state index contributed by atoms with van der Waals surface area (Å²) in [5.41, 5.74) is -0.730. The number of carbonyl (C=O) groups excluding carboxylic acids is 1. The van der Waals surface area contributed by atoms with Crippen molar-refractivity contribution in [3.8, 4) is 0 Å². The molecule has 0 saturated carbocycles. The zero-order valence-electron chi connectivity index (χ0n) is 15.7. The van der Waals surface area contributed by atoms with Crippen molar-refractivity contribution in [1.29, 1.82) is 0 Å². The summed E-state index contributed by atoms with van der Waals surface area (Å²) < 4.78 is 39.3. The Morgan fingerprint density at radius 3 is 2.41 bits per heavy atom. The predicted molar refractivity (Wildman–Crippen MR) is 104 cm³/mol. The van der Waals surface area contributed by atoms with Gasteiger partial charge in [-0.1, -0.05) is 18.2 Å². The van der Waals surface area contributed by atoms with E-state index in [0.717, 1.165) is 18.2 Å². The topological polar surface area (TPSA) is 101 Å². The average molecular weight is 421 g/mol. The summed E-state index contributed by atoms with van der Waals surface area (Å²) in [5.74, 6) is -1.81. The van der Waals surface area contributed by atoms with Crippen LogP contribution >= 0.6 is 0 Å². The van der Waals surface area contributed by atoms with Crippen LogP contribution < -0.4 is 0 Å². The Labute approximate surface area is 167 Å². The van der Waals surface area contributed by atoms with Crippen LogP contribution in [-0.2, 0) is 15.6 Å². The molecule has 10 heteroatoms. The van der Waals surface area contributed by atoms with Crippen LogP contribution in [0.4, 0.5) is 10.1 Å². The van der Waals surface area contributed by atoms with E-state index in [0.29, 0.717) is 26.2 Å². The number of benzene rings is 2. The van der Waals surface area contributed by atoms with Gasteiger partial charge >= 0.3 is 0 Å². The molecular weight excluding hydrogens is 401 g/mol. The highest BCUT2D eigenvalue weighted by molar-refractivity contribution is 7.90.